The van der Waals surface area contributed by atoms with E-state index in [0.717, 1.165) is 12.1 Å². The summed E-state index contributed by atoms with van der Waals surface area (Å²) >= 11 is 2.97. The average molecular weight is 358 g/mol. The molecule has 0 aliphatic carbocycles. The molecule has 0 spiro atoms. The van der Waals surface area contributed by atoms with Crippen LogP contribution in [0.5, 0.6) is 0 Å². The van der Waals surface area contributed by atoms with Crippen molar-refractivity contribution in [3.05, 3.63) is 28.2 Å². The van der Waals surface area contributed by atoms with Crippen LogP contribution in [0.1, 0.15) is 13.8 Å². The van der Waals surface area contributed by atoms with E-state index < -0.39 is 27.3 Å². The van der Waals surface area contributed by atoms with Crippen molar-refractivity contribution in [3.63, 3.8) is 0 Å². The van der Waals surface area contributed by atoms with Crippen LogP contribution in [0.2, 0.25) is 0 Å². The van der Waals surface area contributed by atoms with E-state index in [2.05, 4.69) is 20.7 Å². The van der Waals surface area contributed by atoms with Crippen LogP contribution in [-0.4, -0.2) is 26.9 Å². The minimum Gasteiger partial charge on any atom is -0.378 e. The first-order valence-electron chi connectivity index (χ1n) is 5.26. The molecule has 1 aromatic rings. The lowest BCUT2D eigenvalue weighted by Gasteiger charge is -2.23. The molecular formula is C11H14BrF2NO3S. The molecule has 108 valence electrons. The summed E-state index contributed by atoms with van der Waals surface area (Å²) in [5.41, 5.74) is -0.956. The summed E-state index contributed by atoms with van der Waals surface area (Å²) in [5.74, 6) is -2.51. The molecule has 1 aromatic carbocycles. The zero-order valence-electron chi connectivity index (χ0n) is 10.6. The lowest BCUT2D eigenvalue weighted by Crippen LogP contribution is -2.35. The number of ether oxygens (including phenoxy) is 1. The first-order valence-corrected chi connectivity index (χ1v) is 7.71. The Hall–Kier alpha value is -0.730. The fourth-order valence-electron chi connectivity index (χ4n) is 1.32. The van der Waals surface area contributed by atoms with E-state index in [1.54, 1.807) is 13.8 Å². The fourth-order valence-corrected chi connectivity index (χ4v) is 3.48. The van der Waals surface area contributed by atoms with Gasteiger partial charge in [-0.3, -0.25) is 4.72 Å². The van der Waals surface area contributed by atoms with Gasteiger partial charge in [0, 0.05) is 17.6 Å². The van der Waals surface area contributed by atoms with Gasteiger partial charge in [0.25, 0.3) is 0 Å². The SMILES string of the molecule is COC(C)(C)CS(=O)(=O)Nc1cc(F)c(F)cc1Br. The number of methoxy groups -OCH3 is 1. The zero-order valence-corrected chi connectivity index (χ0v) is 13.0. The molecule has 0 aliphatic heterocycles. The summed E-state index contributed by atoms with van der Waals surface area (Å²) in [4.78, 5) is 0. The monoisotopic (exact) mass is 357 g/mol. The summed E-state index contributed by atoms with van der Waals surface area (Å²) in [6.45, 7) is 3.21. The van der Waals surface area contributed by atoms with Crippen molar-refractivity contribution in [2.24, 2.45) is 0 Å². The van der Waals surface area contributed by atoms with E-state index in [1.165, 1.54) is 7.11 Å². The number of halogens is 3. The number of hydrogen-bond donors (Lipinski definition) is 1. The average Bonchev–Trinajstić information content (AvgIpc) is 2.24. The number of rotatable bonds is 5. The maximum absolute atomic E-state index is 13.1. The molecule has 0 aliphatic rings. The summed E-state index contributed by atoms with van der Waals surface area (Å²) in [7, 11) is -2.36. The number of anilines is 1. The van der Waals surface area contributed by atoms with Crippen LogP contribution in [0.4, 0.5) is 14.5 Å². The quantitative estimate of drug-likeness (QED) is 0.824. The predicted octanol–water partition coefficient (Wildman–Crippen LogP) is 2.89. The maximum atomic E-state index is 13.1. The first kappa shape index (κ1) is 16.3. The van der Waals surface area contributed by atoms with E-state index >= 15 is 0 Å². The summed E-state index contributed by atoms with van der Waals surface area (Å²) in [6, 6.07) is 1.63. The molecule has 1 N–H and O–H groups in total. The first-order chi connectivity index (χ1) is 8.56. The molecule has 0 heterocycles. The van der Waals surface area contributed by atoms with Gasteiger partial charge >= 0.3 is 0 Å². The third-order valence-electron chi connectivity index (χ3n) is 2.37. The van der Waals surface area contributed by atoms with Crippen molar-refractivity contribution in [3.8, 4) is 0 Å². The van der Waals surface area contributed by atoms with E-state index in [0.29, 0.717) is 0 Å². The molecule has 0 amide bonds. The third-order valence-corrected chi connectivity index (χ3v) is 4.63. The van der Waals surface area contributed by atoms with Crippen LogP contribution in [0.15, 0.2) is 16.6 Å². The molecule has 4 nitrogen and oxygen atoms in total. The second-order valence-corrected chi connectivity index (χ2v) is 7.15. The van der Waals surface area contributed by atoms with E-state index in [9.17, 15) is 17.2 Å². The molecule has 0 saturated heterocycles. The van der Waals surface area contributed by atoms with Crippen molar-refractivity contribution in [2.75, 3.05) is 17.6 Å². The Morgan fingerprint density at radius 3 is 2.37 bits per heavy atom. The highest BCUT2D eigenvalue weighted by Gasteiger charge is 2.26. The molecule has 0 radical (unpaired) electrons. The third kappa shape index (κ3) is 4.70. The highest BCUT2D eigenvalue weighted by Crippen LogP contribution is 2.27. The Kier molecular flexibility index (Phi) is 4.91. The maximum Gasteiger partial charge on any atom is 0.235 e. The molecule has 0 saturated carbocycles. The lowest BCUT2D eigenvalue weighted by molar-refractivity contribution is 0.0426. The zero-order chi connectivity index (χ0) is 14.8. The number of benzene rings is 1. The Labute approximate surface area is 119 Å². The number of hydrogen-bond acceptors (Lipinski definition) is 3. The van der Waals surface area contributed by atoms with Gasteiger partial charge in [0.05, 0.1) is 17.0 Å². The molecule has 0 bridgehead atoms. The molecule has 19 heavy (non-hydrogen) atoms. The van der Waals surface area contributed by atoms with Gasteiger partial charge in [-0.25, -0.2) is 17.2 Å². The second-order valence-electron chi connectivity index (χ2n) is 4.57. The fraction of sp³-hybridized carbons (Fsp3) is 0.455. The van der Waals surface area contributed by atoms with Crippen LogP contribution in [0, 0.1) is 11.6 Å². The van der Waals surface area contributed by atoms with E-state index in [1.807, 2.05) is 0 Å². The van der Waals surface area contributed by atoms with E-state index in [-0.39, 0.29) is 15.9 Å². The minimum atomic E-state index is -3.75. The van der Waals surface area contributed by atoms with Crippen LogP contribution in [0.25, 0.3) is 0 Å². The van der Waals surface area contributed by atoms with Gasteiger partial charge in [-0.2, -0.15) is 0 Å². The molecule has 0 unspecified atom stereocenters. The minimum absolute atomic E-state index is 0.0641. The molecule has 0 fully saturated rings. The Bertz CT molecular complexity index is 576. The smallest absolute Gasteiger partial charge is 0.235 e. The number of sulfonamides is 1. The Morgan fingerprint density at radius 2 is 1.84 bits per heavy atom. The topological polar surface area (TPSA) is 55.4 Å². The van der Waals surface area contributed by atoms with Crippen LogP contribution in [-0.2, 0) is 14.8 Å². The standard InChI is InChI=1S/C11H14BrF2NO3S/c1-11(2,18-3)6-19(16,17)15-10-5-9(14)8(13)4-7(10)12/h4-5,15H,6H2,1-3H3. The predicted molar refractivity (Wildman–Crippen MR) is 72.6 cm³/mol. The highest BCUT2D eigenvalue weighted by atomic mass is 79.9. The van der Waals surface area contributed by atoms with E-state index in [4.69, 9.17) is 4.74 Å². The molecule has 0 aromatic heterocycles. The summed E-state index contributed by atoms with van der Waals surface area (Å²) in [5, 5.41) is 0. The van der Waals surface area contributed by atoms with Gasteiger partial charge in [0.15, 0.2) is 11.6 Å². The second kappa shape index (κ2) is 5.72. The van der Waals surface area contributed by atoms with Gasteiger partial charge in [0.2, 0.25) is 10.0 Å². The molecule has 8 heteroatoms. The summed E-state index contributed by atoms with van der Waals surface area (Å²) in [6.07, 6.45) is 0. The van der Waals surface area contributed by atoms with Gasteiger partial charge in [-0.05, 0) is 35.8 Å². The van der Waals surface area contributed by atoms with Crippen LogP contribution in [0.3, 0.4) is 0 Å². The van der Waals surface area contributed by atoms with Crippen LogP contribution < -0.4 is 4.72 Å². The van der Waals surface area contributed by atoms with Crippen molar-refractivity contribution < 1.29 is 21.9 Å². The largest absolute Gasteiger partial charge is 0.378 e. The number of nitrogens with one attached hydrogen (secondary N) is 1. The highest BCUT2D eigenvalue weighted by molar-refractivity contribution is 9.10. The lowest BCUT2D eigenvalue weighted by atomic mass is 10.2. The molecule has 1 rings (SSSR count). The molecular weight excluding hydrogens is 344 g/mol. The molecule has 0 atom stereocenters. The van der Waals surface area contributed by atoms with Crippen molar-refractivity contribution in [1.29, 1.82) is 0 Å². The van der Waals surface area contributed by atoms with Gasteiger partial charge in [-0.15, -0.1) is 0 Å². The van der Waals surface area contributed by atoms with Gasteiger partial charge < -0.3 is 4.74 Å². The van der Waals surface area contributed by atoms with Crippen molar-refractivity contribution >= 4 is 31.6 Å². The van der Waals surface area contributed by atoms with Crippen molar-refractivity contribution in [1.82, 2.24) is 0 Å². The van der Waals surface area contributed by atoms with Crippen molar-refractivity contribution in [2.45, 2.75) is 19.4 Å². The summed E-state index contributed by atoms with van der Waals surface area (Å²) < 4.78 is 57.1. The van der Waals surface area contributed by atoms with Gasteiger partial charge in [0.1, 0.15) is 0 Å². The normalized spacial score (nSPS) is 12.5. The van der Waals surface area contributed by atoms with Crippen LogP contribution >= 0.6 is 15.9 Å². The Morgan fingerprint density at radius 1 is 1.32 bits per heavy atom. The Balaban J connectivity index is 2.99. The van der Waals surface area contributed by atoms with Gasteiger partial charge in [-0.1, -0.05) is 0 Å².